The van der Waals surface area contributed by atoms with Crippen LogP contribution >= 0.6 is 0 Å². The van der Waals surface area contributed by atoms with Crippen LogP contribution in [0.2, 0.25) is 0 Å². The second-order valence-electron chi connectivity index (χ2n) is 7.87. The number of rotatable bonds is 6. The first-order valence-corrected chi connectivity index (χ1v) is 10.4. The van der Waals surface area contributed by atoms with Gasteiger partial charge in [-0.05, 0) is 31.0 Å². The number of carbonyl (C=O) groups is 2. The predicted molar refractivity (Wildman–Crippen MR) is 111 cm³/mol. The average Bonchev–Trinajstić information content (AvgIpc) is 3.48. The summed E-state index contributed by atoms with van der Waals surface area (Å²) in [5.74, 6) is -0.152. The zero-order valence-electron chi connectivity index (χ0n) is 17.3. The minimum Gasteiger partial charge on any atom is -0.381 e. The van der Waals surface area contributed by atoms with Gasteiger partial charge in [-0.15, -0.1) is 0 Å². The summed E-state index contributed by atoms with van der Waals surface area (Å²) in [7, 11) is 0. The fourth-order valence-corrected chi connectivity index (χ4v) is 3.82. The van der Waals surface area contributed by atoms with Crippen LogP contribution < -0.4 is 5.32 Å². The van der Waals surface area contributed by atoms with Crippen molar-refractivity contribution in [1.29, 1.82) is 0 Å². The number of aryl methyl sites for hydroxylation is 1. The Labute approximate surface area is 176 Å². The number of nitrogens with one attached hydrogen (secondary N) is 1. The molecule has 2 fully saturated rings. The molecule has 2 aliphatic rings. The molecule has 0 saturated carbocycles. The van der Waals surface area contributed by atoms with Gasteiger partial charge in [0, 0.05) is 50.6 Å². The van der Waals surface area contributed by atoms with Crippen LogP contribution in [0.1, 0.15) is 22.3 Å². The molecule has 2 saturated heterocycles. The second kappa shape index (κ2) is 9.36. The molecule has 1 N–H and O–H groups in total. The smallest absolute Gasteiger partial charge is 0.254 e. The molecule has 1 aromatic carbocycles. The zero-order valence-corrected chi connectivity index (χ0v) is 17.3. The van der Waals surface area contributed by atoms with Gasteiger partial charge in [-0.25, -0.2) is 4.98 Å². The Bertz CT molecular complexity index is 871. The first-order valence-electron chi connectivity index (χ1n) is 10.4. The van der Waals surface area contributed by atoms with Crippen molar-refractivity contribution in [2.75, 3.05) is 51.3 Å². The molecule has 1 unspecified atom stereocenters. The third kappa shape index (κ3) is 4.85. The quantitative estimate of drug-likeness (QED) is 0.762. The standard InChI is InChI=1S/C21H28N6O3/c1-16-2-3-17(12-19(16)24-20(28)18-4-11-30-13-18)21(29)26-8-5-25(6-9-26)7-10-27-15-22-14-23-27/h2-3,12,14-15,18H,4-11,13H2,1H3,(H,24,28). The highest BCUT2D eigenvalue weighted by Crippen LogP contribution is 2.21. The van der Waals surface area contributed by atoms with Gasteiger partial charge in [0.2, 0.25) is 5.91 Å². The number of anilines is 1. The molecule has 0 bridgehead atoms. The lowest BCUT2D eigenvalue weighted by Gasteiger charge is -2.34. The van der Waals surface area contributed by atoms with Gasteiger partial charge in [0.15, 0.2) is 0 Å². The lowest BCUT2D eigenvalue weighted by atomic mass is 10.1. The van der Waals surface area contributed by atoms with Crippen molar-refractivity contribution in [2.45, 2.75) is 19.9 Å². The molecule has 0 radical (unpaired) electrons. The summed E-state index contributed by atoms with van der Waals surface area (Å²) < 4.78 is 7.12. The van der Waals surface area contributed by atoms with E-state index in [0.717, 1.165) is 38.2 Å². The lowest BCUT2D eigenvalue weighted by molar-refractivity contribution is -0.119. The number of aromatic nitrogens is 3. The third-order valence-corrected chi connectivity index (χ3v) is 5.81. The van der Waals surface area contributed by atoms with E-state index in [1.54, 1.807) is 12.4 Å². The van der Waals surface area contributed by atoms with E-state index in [1.165, 1.54) is 6.33 Å². The monoisotopic (exact) mass is 412 g/mol. The summed E-state index contributed by atoms with van der Waals surface area (Å²) in [6.45, 7) is 7.73. The normalized spacial score (nSPS) is 19.8. The van der Waals surface area contributed by atoms with Crippen LogP contribution in [-0.4, -0.2) is 82.3 Å². The minimum atomic E-state index is -0.116. The Balaban J connectivity index is 1.32. The topological polar surface area (TPSA) is 92.6 Å². The number of piperazine rings is 1. The molecule has 9 nitrogen and oxygen atoms in total. The van der Waals surface area contributed by atoms with E-state index >= 15 is 0 Å². The molecule has 3 heterocycles. The maximum atomic E-state index is 13.0. The number of hydrogen-bond acceptors (Lipinski definition) is 6. The molecule has 0 aliphatic carbocycles. The van der Waals surface area contributed by atoms with Crippen LogP contribution in [0.5, 0.6) is 0 Å². The Morgan fingerprint density at radius 2 is 2.03 bits per heavy atom. The van der Waals surface area contributed by atoms with Crippen molar-refractivity contribution in [3.8, 4) is 0 Å². The summed E-state index contributed by atoms with van der Waals surface area (Å²) in [6.07, 6.45) is 3.99. The lowest BCUT2D eigenvalue weighted by Crippen LogP contribution is -2.49. The number of hydrogen-bond donors (Lipinski definition) is 1. The van der Waals surface area contributed by atoms with Crippen molar-refractivity contribution < 1.29 is 14.3 Å². The van der Waals surface area contributed by atoms with E-state index in [2.05, 4.69) is 20.3 Å². The number of nitrogens with zero attached hydrogens (tertiary/aromatic N) is 5. The van der Waals surface area contributed by atoms with Gasteiger partial charge < -0.3 is 15.0 Å². The van der Waals surface area contributed by atoms with E-state index in [4.69, 9.17) is 4.74 Å². The van der Waals surface area contributed by atoms with E-state index < -0.39 is 0 Å². The summed E-state index contributed by atoms with van der Waals surface area (Å²) in [6, 6.07) is 5.52. The molecule has 2 amide bonds. The molecule has 2 aliphatic heterocycles. The Morgan fingerprint density at radius 1 is 1.20 bits per heavy atom. The number of ether oxygens (including phenoxy) is 1. The Morgan fingerprint density at radius 3 is 2.73 bits per heavy atom. The molecule has 1 atom stereocenters. The SMILES string of the molecule is Cc1ccc(C(=O)N2CCN(CCn3cncn3)CC2)cc1NC(=O)C1CCOC1. The van der Waals surface area contributed by atoms with Crippen LogP contribution in [0.25, 0.3) is 0 Å². The van der Waals surface area contributed by atoms with Crippen molar-refractivity contribution in [2.24, 2.45) is 5.92 Å². The van der Waals surface area contributed by atoms with Crippen molar-refractivity contribution in [1.82, 2.24) is 24.6 Å². The highest BCUT2D eigenvalue weighted by molar-refractivity contribution is 5.98. The molecule has 2 aromatic rings. The summed E-state index contributed by atoms with van der Waals surface area (Å²) in [5.41, 5.74) is 2.25. The number of benzene rings is 1. The highest BCUT2D eigenvalue weighted by atomic mass is 16.5. The van der Waals surface area contributed by atoms with Crippen LogP contribution in [-0.2, 0) is 16.1 Å². The van der Waals surface area contributed by atoms with E-state index in [0.29, 0.717) is 37.6 Å². The Kier molecular flexibility index (Phi) is 6.39. The maximum absolute atomic E-state index is 13.0. The first kappa shape index (κ1) is 20.5. The largest absolute Gasteiger partial charge is 0.381 e. The highest BCUT2D eigenvalue weighted by Gasteiger charge is 2.25. The molecular weight excluding hydrogens is 384 g/mol. The van der Waals surface area contributed by atoms with Gasteiger partial charge in [0.05, 0.1) is 19.1 Å². The van der Waals surface area contributed by atoms with Crippen LogP contribution in [0.15, 0.2) is 30.9 Å². The number of amides is 2. The molecule has 30 heavy (non-hydrogen) atoms. The molecular formula is C21H28N6O3. The molecule has 9 heteroatoms. The number of carbonyl (C=O) groups excluding carboxylic acids is 2. The summed E-state index contributed by atoms with van der Waals surface area (Å²) in [4.78, 5) is 33.6. The molecule has 4 rings (SSSR count). The first-order chi connectivity index (χ1) is 14.6. The Hall–Kier alpha value is -2.78. The predicted octanol–water partition coefficient (Wildman–Crippen LogP) is 1.02. The van der Waals surface area contributed by atoms with Gasteiger partial charge in [-0.1, -0.05) is 6.07 Å². The summed E-state index contributed by atoms with van der Waals surface area (Å²) >= 11 is 0. The van der Waals surface area contributed by atoms with Crippen molar-refractivity contribution >= 4 is 17.5 Å². The van der Waals surface area contributed by atoms with Crippen LogP contribution in [0.4, 0.5) is 5.69 Å². The van der Waals surface area contributed by atoms with Crippen LogP contribution in [0.3, 0.4) is 0 Å². The molecule has 160 valence electrons. The van der Waals surface area contributed by atoms with Crippen molar-refractivity contribution in [3.63, 3.8) is 0 Å². The van der Waals surface area contributed by atoms with Gasteiger partial charge in [0.25, 0.3) is 5.91 Å². The van der Waals surface area contributed by atoms with Gasteiger partial charge in [0.1, 0.15) is 12.7 Å². The van der Waals surface area contributed by atoms with E-state index in [9.17, 15) is 9.59 Å². The van der Waals surface area contributed by atoms with E-state index in [-0.39, 0.29) is 17.7 Å². The zero-order chi connectivity index (χ0) is 20.9. The molecule has 1 aromatic heterocycles. The fraction of sp³-hybridized carbons (Fsp3) is 0.524. The second-order valence-corrected chi connectivity index (χ2v) is 7.87. The van der Waals surface area contributed by atoms with Gasteiger partial charge >= 0.3 is 0 Å². The molecule has 0 spiro atoms. The summed E-state index contributed by atoms with van der Waals surface area (Å²) in [5, 5.41) is 7.10. The van der Waals surface area contributed by atoms with Crippen molar-refractivity contribution in [3.05, 3.63) is 42.0 Å². The minimum absolute atomic E-state index is 0.00521. The van der Waals surface area contributed by atoms with Gasteiger partial charge in [-0.3, -0.25) is 19.2 Å². The van der Waals surface area contributed by atoms with Gasteiger partial charge in [-0.2, -0.15) is 5.10 Å². The third-order valence-electron chi connectivity index (χ3n) is 5.81. The van der Waals surface area contributed by atoms with E-state index in [1.807, 2.05) is 28.6 Å². The fourth-order valence-electron chi connectivity index (χ4n) is 3.82. The maximum Gasteiger partial charge on any atom is 0.254 e. The average molecular weight is 412 g/mol. The van der Waals surface area contributed by atoms with Crippen LogP contribution in [0, 0.1) is 12.8 Å².